The van der Waals surface area contributed by atoms with Crippen molar-refractivity contribution in [1.82, 2.24) is 0 Å². The van der Waals surface area contributed by atoms with Crippen LogP contribution in [0.15, 0.2) is 12.1 Å². The van der Waals surface area contributed by atoms with Gasteiger partial charge in [0, 0.05) is 12.0 Å². The largest absolute Gasteiger partial charge is 0.504 e. The van der Waals surface area contributed by atoms with E-state index in [4.69, 9.17) is 9.84 Å². The van der Waals surface area contributed by atoms with Crippen molar-refractivity contribution in [3.05, 3.63) is 23.3 Å². The number of hydrogen-bond acceptors (Lipinski definition) is 4. The van der Waals surface area contributed by atoms with Gasteiger partial charge >= 0.3 is 0 Å². The first kappa shape index (κ1) is 11.2. The predicted octanol–water partition coefficient (Wildman–Crippen LogP) is 0.959. The lowest BCUT2D eigenvalue weighted by Gasteiger charge is -2.37. The van der Waals surface area contributed by atoms with Gasteiger partial charge in [-0.15, -0.1) is 0 Å². The molecule has 2 rings (SSSR count). The molecule has 1 aliphatic heterocycles. The zero-order valence-electron chi connectivity index (χ0n) is 9.40. The number of benzene rings is 1. The van der Waals surface area contributed by atoms with Crippen LogP contribution in [0, 0.1) is 0 Å². The van der Waals surface area contributed by atoms with E-state index in [9.17, 15) is 10.2 Å². The SMILES string of the molecule is CC1(C)Oc2c(O)cc(CO)cc2CC1O. The first-order valence-electron chi connectivity index (χ1n) is 5.27. The maximum Gasteiger partial charge on any atom is 0.165 e. The minimum absolute atomic E-state index is 0.0153. The lowest BCUT2D eigenvalue weighted by Crippen LogP contribution is -2.46. The van der Waals surface area contributed by atoms with Gasteiger partial charge in [-0.2, -0.15) is 0 Å². The van der Waals surface area contributed by atoms with Gasteiger partial charge in [-0.3, -0.25) is 0 Å². The van der Waals surface area contributed by atoms with Crippen LogP contribution in [0.1, 0.15) is 25.0 Å². The summed E-state index contributed by atoms with van der Waals surface area (Å²) in [6.07, 6.45) is -0.197. The van der Waals surface area contributed by atoms with Crippen molar-refractivity contribution in [3.8, 4) is 11.5 Å². The Hall–Kier alpha value is -1.26. The second kappa shape index (κ2) is 3.64. The quantitative estimate of drug-likeness (QED) is 0.664. The highest BCUT2D eigenvalue weighted by Gasteiger charge is 2.36. The third-order valence-corrected chi connectivity index (χ3v) is 2.97. The molecule has 1 atom stereocenters. The summed E-state index contributed by atoms with van der Waals surface area (Å²) >= 11 is 0. The summed E-state index contributed by atoms with van der Waals surface area (Å²) in [6, 6.07) is 3.22. The van der Waals surface area contributed by atoms with E-state index < -0.39 is 11.7 Å². The summed E-state index contributed by atoms with van der Waals surface area (Å²) in [5.41, 5.74) is 0.646. The highest BCUT2D eigenvalue weighted by atomic mass is 16.5. The minimum Gasteiger partial charge on any atom is -0.504 e. The molecule has 16 heavy (non-hydrogen) atoms. The van der Waals surface area contributed by atoms with Gasteiger partial charge in [-0.25, -0.2) is 0 Å². The molecule has 0 saturated heterocycles. The van der Waals surface area contributed by atoms with Crippen LogP contribution in [0.3, 0.4) is 0 Å². The van der Waals surface area contributed by atoms with Crippen molar-refractivity contribution >= 4 is 0 Å². The highest BCUT2D eigenvalue weighted by Crippen LogP contribution is 2.40. The standard InChI is InChI=1S/C12H16O4/c1-12(2)10(15)5-8-3-7(6-13)4-9(14)11(8)16-12/h3-4,10,13-15H,5-6H2,1-2H3. The summed E-state index contributed by atoms with van der Waals surface area (Å²) in [7, 11) is 0. The van der Waals surface area contributed by atoms with Gasteiger partial charge in [-0.05, 0) is 31.5 Å². The van der Waals surface area contributed by atoms with Gasteiger partial charge in [0.2, 0.25) is 0 Å². The molecule has 4 heteroatoms. The Morgan fingerprint density at radius 3 is 2.75 bits per heavy atom. The summed E-state index contributed by atoms with van der Waals surface area (Å²) < 4.78 is 5.58. The number of aromatic hydroxyl groups is 1. The Labute approximate surface area is 94.1 Å². The van der Waals surface area contributed by atoms with Crippen molar-refractivity contribution in [1.29, 1.82) is 0 Å². The third kappa shape index (κ3) is 1.74. The molecule has 0 amide bonds. The molecule has 0 aliphatic carbocycles. The van der Waals surface area contributed by atoms with Gasteiger partial charge in [0.15, 0.2) is 11.5 Å². The molecule has 4 nitrogen and oxygen atoms in total. The fourth-order valence-electron chi connectivity index (χ4n) is 1.88. The van der Waals surface area contributed by atoms with Crippen LogP contribution in [0.5, 0.6) is 11.5 Å². The fourth-order valence-corrected chi connectivity index (χ4v) is 1.88. The van der Waals surface area contributed by atoms with Gasteiger partial charge in [0.25, 0.3) is 0 Å². The number of fused-ring (bicyclic) bond motifs is 1. The summed E-state index contributed by atoms with van der Waals surface area (Å²) in [5, 5.41) is 28.7. The molecule has 0 aromatic heterocycles. The number of ether oxygens (including phenoxy) is 1. The molecule has 1 heterocycles. The Balaban J connectivity index is 2.47. The summed E-state index contributed by atoms with van der Waals surface area (Å²) in [5.74, 6) is 0.425. The first-order chi connectivity index (χ1) is 7.44. The molecular weight excluding hydrogens is 208 g/mol. The number of aliphatic hydroxyl groups excluding tert-OH is 2. The van der Waals surface area contributed by atoms with Gasteiger partial charge in [0.1, 0.15) is 5.60 Å². The molecule has 0 bridgehead atoms. The van der Waals surface area contributed by atoms with E-state index >= 15 is 0 Å². The van der Waals surface area contributed by atoms with Crippen molar-refractivity contribution < 1.29 is 20.1 Å². The molecule has 1 aromatic rings. The topological polar surface area (TPSA) is 69.9 Å². The van der Waals surface area contributed by atoms with Gasteiger partial charge in [-0.1, -0.05) is 0 Å². The van der Waals surface area contributed by atoms with Crippen molar-refractivity contribution in [2.24, 2.45) is 0 Å². The zero-order valence-corrected chi connectivity index (χ0v) is 9.40. The normalized spacial score (nSPS) is 22.4. The average Bonchev–Trinajstić information content (AvgIpc) is 2.21. The first-order valence-corrected chi connectivity index (χ1v) is 5.27. The molecule has 0 radical (unpaired) electrons. The lowest BCUT2D eigenvalue weighted by molar-refractivity contribution is -0.0426. The van der Waals surface area contributed by atoms with E-state index in [1.54, 1.807) is 19.9 Å². The van der Waals surface area contributed by atoms with Crippen molar-refractivity contribution in [2.75, 3.05) is 0 Å². The molecule has 1 aromatic carbocycles. The molecule has 3 N–H and O–H groups in total. The maximum absolute atomic E-state index is 9.87. The number of aliphatic hydroxyl groups is 2. The summed E-state index contributed by atoms with van der Waals surface area (Å²) in [6.45, 7) is 3.42. The zero-order chi connectivity index (χ0) is 11.9. The molecule has 1 aliphatic rings. The highest BCUT2D eigenvalue weighted by molar-refractivity contribution is 5.50. The maximum atomic E-state index is 9.87. The van der Waals surface area contributed by atoms with E-state index in [0.29, 0.717) is 17.7 Å². The molecule has 0 fully saturated rings. The summed E-state index contributed by atoms with van der Waals surface area (Å²) in [4.78, 5) is 0. The predicted molar refractivity (Wildman–Crippen MR) is 58.4 cm³/mol. The van der Waals surface area contributed by atoms with Crippen LogP contribution in [-0.4, -0.2) is 27.0 Å². The van der Waals surface area contributed by atoms with Crippen LogP contribution < -0.4 is 4.74 Å². The second-order valence-corrected chi connectivity index (χ2v) is 4.69. The van der Waals surface area contributed by atoms with Crippen LogP contribution in [0.2, 0.25) is 0 Å². The average molecular weight is 224 g/mol. The smallest absolute Gasteiger partial charge is 0.165 e. The number of phenols is 1. The number of rotatable bonds is 1. The molecule has 0 spiro atoms. The Morgan fingerprint density at radius 2 is 2.12 bits per heavy atom. The van der Waals surface area contributed by atoms with Gasteiger partial charge in [0.05, 0.1) is 12.7 Å². The van der Waals surface area contributed by atoms with E-state index in [1.165, 1.54) is 6.07 Å². The monoisotopic (exact) mass is 224 g/mol. The van der Waals surface area contributed by atoms with Crippen LogP contribution in [-0.2, 0) is 13.0 Å². The third-order valence-electron chi connectivity index (χ3n) is 2.97. The van der Waals surface area contributed by atoms with Gasteiger partial charge < -0.3 is 20.1 Å². The van der Waals surface area contributed by atoms with E-state index in [1.807, 2.05) is 0 Å². The van der Waals surface area contributed by atoms with Crippen LogP contribution >= 0.6 is 0 Å². The Kier molecular flexibility index (Phi) is 2.56. The van der Waals surface area contributed by atoms with Crippen molar-refractivity contribution in [2.45, 2.75) is 38.6 Å². The van der Waals surface area contributed by atoms with E-state index in [0.717, 1.165) is 5.56 Å². The molecule has 1 unspecified atom stereocenters. The lowest BCUT2D eigenvalue weighted by atomic mass is 9.90. The van der Waals surface area contributed by atoms with Crippen molar-refractivity contribution in [3.63, 3.8) is 0 Å². The van der Waals surface area contributed by atoms with E-state index in [2.05, 4.69) is 0 Å². The minimum atomic E-state index is -0.703. The fraction of sp³-hybridized carbons (Fsp3) is 0.500. The Bertz CT molecular complexity index is 412. The van der Waals surface area contributed by atoms with Crippen LogP contribution in [0.4, 0.5) is 0 Å². The number of hydrogen-bond donors (Lipinski definition) is 3. The molecular formula is C12H16O4. The van der Waals surface area contributed by atoms with Crippen LogP contribution in [0.25, 0.3) is 0 Å². The molecule has 88 valence electrons. The Morgan fingerprint density at radius 1 is 1.44 bits per heavy atom. The molecule has 0 saturated carbocycles. The number of phenolic OH excluding ortho intramolecular Hbond substituents is 1. The van der Waals surface area contributed by atoms with E-state index in [-0.39, 0.29) is 12.4 Å². The second-order valence-electron chi connectivity index (χ2n) is 4.69.